The number of aromatic nitrogens is 1. The number of carbonyl (C=O) groups excluding carboxylic acids is 2. The number of rotatable bonds is 8. The molecule has 4 rings (SSSR count). The Morgan fingerprint density at radius 1 is 1.18 bits per heavy atom. The summed E-state index contributed by atoms with van der Waals surface area (Å²) in [6.07, 6.45) is 16.8. The van der Waals surface area contributed by atoms with Crippen molar-refractivity contribution in [3.05, 3.63) is 76.7 Å². The fourth-order valence-electron chi connectivity index (χ4n) is 5.22. The molecule has 3 aliphatic rings. The number of anilines is 2. The van der Waals surface area contributed by atoms with Crippen LogP contribution >= 0.6 is 0 Å². The summed E-state index contributed by atoms with van der Waals surface area (Å²) in [6.45, 7) is 12.4. The van der Waals surface area contributed by atoms with Crippen molar-refractivity contribution in [2.75, 3.05) is 30.3 Å². The van der Waals surface area contributed by atoms with E-state index >= 15 is 0 Å². The predicted molar refractivity (Wildman–Crippen MR) is 165 cm³/mol. The molecule has 1 atom stereocenters. The van der Waals surface area contributed by atoms with Crippen LogP contribution < -0.4 is 10.6 Å². The lowest BCUT2D eigenvalue weighted by Gasteiger charge is -2.25. The number of hydrogen-bond acceptors (Lipinski definition) is 4. The van der Waals surface area contributed by atoms with Gasteiger partial charge < -0.3 is 10.6 Å². The predicted octanol–water partition coefficient (Wildman–Crippen LogP) is 7.00. The summed E-state index contributed by atoms with van der Waals surface area (Å²) < 4.78 is 0. The van der Waals surface area contributed by atoms with Gasteiger partial charge in [-0.1, -0.05) is 49.6 Å². The second-order valence-corrected chi connectivity index (χ2v) is 10.7. The molecule has 1 fully saturated rings. The van der Waals surface area contributed by atoms with E-state index < -0.39 is 0 Å². The Labute approximate surface area is 237 Å². The Morgan fingerprint density at radius 3 is 2.74 bits per heavy atom. The molecule has 0 spiro atoms. The molecule has 1 unspecified atom stereocenters. The van der Waals surface area contributed by atoms with E-state index in [1.54, 1.807) is 18.3 Å². The molecule has 39 heavy (non-hydrogen) atoms. The third-order valence-electron chi connectivity index (χ3n) is 7.75. The lowest BCUT2D eigenvalue weighted by molar-refractivity contribution is -0.117. The molecule has 1 aliphatic heterocycles. The maximum atomic E-state index is 13.3. The van der Waals surface area contributed by atoms with Gasteiger partial charge in [0.15, 0.2) is 0 Å². The number of pyridine rings is 1. The van der Waals surface area contributed by atoms with Crippen LogP contribution in [0.3, 0.4) is 0 Å². The van der Waals surface area contributed by atoms with Crippen molar-refractivity contribution >= 4 is 23.2 Å². The Balaban J connectivity index is 0.00000294. The smallest absolute Gasteiger partial charge is 0.255 e. The standard InChI is InChI=1S/C33H40N4O2.3H2/c1-5-26(18-28-19-29(17-23(2)24(28)3)27-13-9-6-7-10-14-27)33(39)36-31-20-30(21-34-25(31)4)35-32(38)22-37-15-11-8-12-16-37;;;/h5,13,18-21,23H,1,6,8-9,11-12,14-17,22H2,2-4H3,(H,35,38)(H,36,39);3*1H/b26-18+;;;. The van der Waals surface area contributed by atoms with Gasteiger partial charge in [0, 0.05) is 22.7 Å². The van der Waals surface area contributed by atoms with Gasteiger partial charge in [-0.3, -0.25) is 19.5 Å². The Hall–Kier alpha value is -3.69. The number of aryl methyl sites for hydroxylation is 1. The van der Waals surface area contributed by atoms with Gasteiger partial charge in [-0.2, -0.15) is 0 Å². The van der Waals surface area contributed by atoms with Crippen molar-refractivity contribution < 1.29 is 13.9 Å². The number of likely N-dealkylation sites (tertiary alicyclic amines) is 1. The SMILES string of the molecule is C=C/C(=C\C1=C(C)C(C)CC(C2=CCCC#CC2)=C1)C(=O)Nc1cc(NC(=O)CN2CCCCC2)cnc1C.[HH].[HH].[HH]. The summed E-state index contributed by atoms with van der Waals surface area (Å²) in [6, 6.07) is 1.76. The zero-order valence-corrected chi connectivity index (χ0v) is 23.5. The Morgan fingerprint density at radius 2 is 1.97 bits per heavy atom. The van der Waals surface area contributed by atoms with Gasteiger partial charge in [0.25, 0.3) is 5.91 Å². The number of allylic oxidation sites excluding steroid dienone is 7. The first-order chi connectivity index (χ1) is 18.8. The first-order valence-corrected chi connectivity index (χ1v) is 14.0. The van der Waals surface area contributed by atoms with Crippen molar-refractivity contribution in [1.29, 1.82) is 0 Å². The number of nitrogens with one attached hydrogen (secondary N) is 2. The summed E-state index contributed by atoms with van der Waals surface area (Å²) in [5, 5.41) is 5.91. The van der Waals surface area contributed by atoms with Crippen molar-refractivity contribution in [1.82, 2.24) is 9.88 Å². The van der Waals surface area contributed by atoms with Crippen LogP contribution in [0.4, 0.5) is 11.4 Å². The quantitative estimate of drug-likeness (QED) is 0.216. The minimum absolute atomic E-state index is 0. The van der Waals surface area contributed by atoms with Gasteiger partial charge in [0.2, 0.25) is 5.91 Å². The first kappa shape index (κ1) is 28.3. The van der Waals surface area contributed by atoms with Crippen molar-refractivity contribution in [3.63, 3.8) is 0 Å². The normalized spacial score (nSPS) is 20.2. The van der Waals surface area contributed by atoms with Crippen LogP contribution in [0.2, 0.25) is 0 Å². The van der Waals surface area contributed by atoms with Crippen molar-refractivity contribution in [3.8, 4) is 11.8 Å². The topological polar surface area (TPSA) is 74.3 Å². The van der Waals surface area contributed by atoms with Crippen LogP contribution in [0.25, 0.3) is 0 Å². The molecule has 6 nitrogen and oxygen atoms in total. The molecule has 1 saturated heterocycles. The average molecular weight is 531 g/mol. The van der Waals surface area contributed by atoms with Crippen molar-refractivity contribution in [2.24, 2.45) is 5.92 Å². The zero-order chi connectivity index (χ0) is 27.8. The highest BCUT2D eigenvalue weighted by atomic mass is 16.2. The molecular formula is C33H46N4O2. The molecule has 0 bridgehead atoms. The summed E-state index contributed by atoms with van der Waals surface area (Å²) in [4.78, 5) is 32.5. The Kier molecular flexibility index (Phi) is 9.73. The highest BCUT2D eigenvalue weighted by Crippen LogP contribution is 2.35. The maximum Gasteiger partial charge on any atom is 0.255 e. The molecule has 0 aromatic carbocycles. The number of carbonyl (C=O) groups is 2. The van der Waals surface area contributed by atoms with Gasteiger partial charge in [0.05, 0.1) is 29.8 Å². The second kappa shape index (κ2) is 13.4. The number of nitrogens with zero attached hydrogens (tertiary/aromatic N) is 2. The van der Waals surface area contributed by atoms with E-state index in [1.807, 2.05) is 13.0 Å². The van der Waals surface area contributed by atoms with Crippen LogP contribution in [0.5, 0.6) is 0 Å². The fourth-order valence-corrected chi connectivity index (χ4v) is 5.22. The van der Waals surface area contributed by atoms with E-state index in [2.05, 4.69) is 64.9 Å². The average Bonchev–Trinajstić information content (AvgIpc) is 3.21. The van der Waals surface area contributed by atoms with E-state index in [0.717, 1.165) is 57.2 Å². The molecule has 2 heterocycles. The number of amides is 2. The van der Waals surface area contributed by atoms with E-state index in [-0.39, 0.29) is 16.1 Å². The van der Waals surface area contributed by atoms with Crippen LogP contribution in [0, 0.1) is 24.7 Å². The van der Waals surface area contributed by atoms with E-state index in [0.29, 0.717) is 35.1 Å². The minimum Gasteiger partial charge on any atom is -0.324 e. The summed E-state index contributed by atoms with van der Waals surface area (Å²) in [5.74, 6) is 6.52. The lowest BCUT2D eigenvalue weighted by atomic mass is 9.81. The van der Waals surface area contributed by atoms with Gasteiger partial charge in [-0.15, -0.1) is 5.92 Å². The first-order valence-electron chi connectivity index (χ1n) is 14.0. The van der Waals surface area contributed by atoms with Gasteiger partial charge in [0.1, 0.15) is 0 Å². The van der Waals surface area contributed by atoms with E-state index in [1.165, 1.54) is 23.1 Å². The van der Waals surface area contributed by atoms with E-state index in [4.69, 9.17) is 0 Å². The molecule has 0 saturated carbocycles. The molecule has 210 valence electrons. The van der Waals surface area contributed by atoms with Gasteiger partial charge >= 0.3 is 0 Å². The van der Waals surface area contributed by atoms with Gasteiger partial charge in [-0.25, -0.2) is 0 Å². The fraction of sp³-hybridized carbons (Fsp3) is 0.424. The highest BCUT2D eigenvalue weighted by molar-refractivity contribution is 6.06. The van der Waals surface area contributed by atoms with Crippen molar-refractivity contribution in [2.45, 2.75) is 65.7 Å². The van der Waals surface area contributed by atoms with Crippen LogP contribution in [-0.4, -0.2) is 41.3 Å². The molecule has 6 heteroatoms. The minimum atomic E-state index is -0.264. The summed E-state index contributed by atoms with van der Waals surface area (Å²) in [7, 11) is 0. The molecule has 1 aromatic heterocycles. The largest absolute Gasteiger partial charge is 0.324 e. The highest BCUT2D eigenvalue weighted by Gasteiger charge is 2.20. The lowest BCUT2D eigenvalue weighted by Crippen LogP contribution is -2.36. The molecule has 1 aromatic rings. The molecule has 2 amide bonds. The third-order valence-corrected chi connectivity index (χ3v) is 7.75. The maximum absolute atomic E-state index is 13.3. The monoisotopic (exact) mass is 530 g/mol. The summed E-state index contributed by atoms with van der Waals surface area (Å²) in [5.41, 5.74) is 7.17. The number of piperidine rings is 1. The number of hydrogen-bond donors (Lipinski definition) is 2. The zero-order valence-electron chi connectivity index (χ0n) is 23.5. The molecule has 0 radical (unpaired) electrons. The summed E-state index contributed by atoms with van der Waals surface area (Å²) >= 11 is 0. The molecule has 2 aliphatic carbocycles. The van der Waals surface area contributed by atoms with Crippen LogP contribution in [0.1, 0.15) is 68.8 Å². The molecule has 2 N–H and O–H groups in total. The second-order valence-electron chi connectivity index (χ2n) is 10.7. The third kappa shape index (κ3) is 7.68. The van der Waals surface area contributed by atoms with Gasteiger partial charge in [-0.05, 0) is 87.4 Å². The molecular weight excluding hydrogens is 484 g/mol. The van der Waals surface area contributed by atoms with Crippen LogP contribution in [0.15, 0.2) is 71.0 Å². The Bertz CT molecular complexity index is 1330. The van der Waals surface area contributed by atoms with E-state index in [9.17, 15) is 9.59 Å². The van der Waals surface area contributed by atoms with Crippen LogP contribution in [-0.2, 0) is 9.59 Å².